The van der Waals surface area contributed by atoms with Gasteiger partial charge in [0.2, 0.25) is 0 Å². The van der Waals surface area contributed by atoms with Gasteiger partial charge in [0, 0.05) is 24.2 Å². The van der Waals surface area contributed by atoms with Gasteiger partial charge in [0.25, 0.3) is 5.91 Å². The quantitative estimate of drug-likeness (QED) is 0.824. The van der Waals surface area contributed by atoms with E-state index in [1.54, 1.807) is 0 Å². The van der Waals surface area contributed by atoms with Crippen molar-refractivity contribution >= 4 is 22.5 Å². The van der Waals surface area contributed by atoms with E-state index in [-0.39, 0.29) is 5.91 Å². The number of nitrogen functional groups attached to an aromatic ring is 1. The zero-order valence-corrected chi connectivity index (χ0v) is 11.7. The molecule has 5 nitrogen and oxygen atoms in total. The van der Waals surface area contributed by atoms with Crippen molar-refractivity contribution in [3.63, 3.8) is 0 Å². The predicted molar refractivity (Wildman–Crippen MR) is 79.4 cm³/mol. The molecule has 1 saturated heterocycles. The third kappa shape index (κ3) is 2.24. The highest BCUT2D eigenvalue weighted by Gasteiger charge is 2.26. The molecule has 0 bridgehead atoms. The van der Waals surface area contributed by atoms with E-state index < -0.39 is 0 Å². The fourth-order valence-corrected chi connectivity index (χ4v) is 2.93. The molecule has 1 fully saturated rings. The molecular weight excluding hydrogens is 252 g/mol. The number of amides is 1. The Labute approximate surface area is 118 Å². The van der Waals surface area contributed by atoms with Crippen molar-refractivity contribution in [3.8, 4) is 0 Å². The number of nitrogens with zero attached hydrogens (tertiary/aromatic N) is 2. The number of nitrogens with two attached hydrogens (primary N) is 1. The second-order valence-corrected chi connectivity index (χ2v) is 5.54. The predicted octanol–water partition coefficient (Wildman–Crippen LogP) is 2.41. The number of aromatic amines is 1. The van der Waals surface area contributed by atoms with E-state index >= 15 is 0 Å². The zero-order valence-electron chi connectivity index (χ0n) is 11.7. The van der Waals surface area contributed by atoms with Gasteiger partial charge in [-0.1, -0.05) is 13.3 Å². The van der Waals surface area contributed by atoms with Crippen LogP contribution in [0.25, 0.3) is 10.9 Å². The molecule has 1 aromatic heterocycles. The van der Waals surface area contributed by atoms with E-state index in [2.05, 4.69) is 17.1 Å². The largest absolute Gasteiger partial charge is 0.399 e. The van der Waals surface area contributed by atoms with E-state index in [0.717, 1.165) is 36.8 Å². The van der Waals surface area contributed by atoms with Crippen molar-refractivity contribution in [2.45, 2.75) is 26.2 Å². The Kier molecular flexibility index (Phi) is 3.34. The van der Waals surface area contributed by atoms with Gasteiger partial charge in [0.05, 0.1) is 5.52 Å². The minimum Gasteiger partial charge on any atom is -0.399 e. The van der Waals surface area contributed by atoms with Gasteiger partial charge >= 0.3 is 0 Å². The van der Waals surface area contributed by atoms with Crippen molar-refractivity contribution in [1.29, 1.82) is 0 Å². The van der Waals surface area contributed by atoms with Crippen LogP contribution in [0.15, 0.2) is 18.2 Å². The van der Waals surface area contributed by atoms with Crippen LogP contribution in [0.1, 0.15) is 36.7 Å². The molecule has 1 unspecified atom stereocenters. The molecule has 1 amide bonds. The van der Waals surface area contributed by atoms with Gasteiger partial charge in [0.15, 0.2) is 5.69 Å². The maximum atomic E-state index is 12.7. The Morgan fingerprint density at radius 3 is 3.20 bits per heavy atom. The van der Waals surface area contributed by atoms with Gasteiger partial charge in [0.1, 0.15) is 0 Å². The topological polar surface area (TPSA) is 75.0 Å². The van der Waals surface area contributed by atoms with Crippen molar-refractivity contribution in [2.24, 2.45) is 5.92 Å². The molecule has 20 heavy (non-hydrogen) atoms. The Bertz CT molecular complexity index is 634. The number of rotatable bonds is 2. The van der Waals surface area contributed by atoms with Crippen molar-refractivity contribution in [3.05, 3.63) is 23.9 Å². The summed E-state index contributed by atoms with van der Waals surface area (Å²) < 4.78 is 0. The van der Waals surface area contributed by atoms with Crippen LogP contribution in [0.3, 0.4) is 0 Å². The Morgan fingerprint density at radius 1 is 1.55 bits per heavy atom. The number of hydrogen-bond acceptors (Lipinski definition) is 3. The van der Waals surface area contributed by atoms with E-state index in [1.165, 1.54) is 6.42 Å². The van der Waals surface area contributed by atoms with Crippen LogP contribution in [0.5, 0.6) is 0 Å². The Balaban J connectivity index is 1.90. The first-order valence-corrected chi connectivity index (χ1v) is 7.22. The number of aromatic nitrogens is 2. The van der Waals surface area contributed by atoms with Crippen LogP contribution in [-0.2, 0) is 0 Å². The summed E-state index contributed by atoms with van der Waals surface area (Å²) in [5.74, 6) is 0.628. The maximum Gasteiger partial charge on any atom is 0.275 e. The van der Waals surface area contributed by atoms with Crippen molar-refractivity contribution in [1.82, 2.24) is 15.1 Å². The minimum atomic E-state index is 0.0139. The van der Waals surface area contributed by atoms with Crippen LogP contribution >= 0.6 is 0 Å². The van der Waals surface area contributed by atoms with Gasteiger partial charge in [-0.05, 0) is 37.0 Å². The third-order valence-corrected chi connectivity index (χ3v) is 4.17. The van der Waals surface area contributed by atoms with Gasteiger partial charge < -0.3 is 10.6 Å². The van der Waals surface area contributed by atoms with Crippen LogP contribution in [0.4, 0.5) is 5.69 Å². The molecule has 1 aromatic carbocycles. The van der Waals surface area contributed by atoms with E-state index in [4.69, 9.17) is 5.73 Å². The SMILES string of the molecule is CCC1CCCN(C(=O)c2n[nH]c3ccc(N)cc23)C1. The molecule has 2 heterocycles. The Hall–Kier alpha value is -2.04. The lowest BCUT2D eigenvalue weighted by molar-refractivity contribution is 0.0667. The normalized spacial score (nSPS) is 19.4. The molecular formula is C15H20N4O. The fourth-order valence-electron chi connectivity index (χ4n) is 2.93. The molecule has 2 aromatic rings. The summed E-state index contributed by atoms with van der Waals surface area (Å²) in [7, 11) is 0. The minimum absolute atomic E-state index is 0.0139. The summed E-state index contributed by atoms with van der Waals surface area (Å²) in [6.45, 7) is 3.85. The third-order valence-electron chi connectivity index (χ3n) is 4.17. The van der Waals surface area contributed by atoms with Gasteiger partial charge in [-0.25, -0.2) is 0 Å². The first-order valence-electron chi connectivity index (χ1n) is 7.22. The fraction of sp³-hybridized carbons (Fsp3) is 0.467. The lowest BCUT2D eigenvalue weighted by atomic mass is 9.95. The van der Waals surface area contributed by atoms with E-state index in [0.29, 0.717) is 17.3 Å². The van der Waals surface area contributed by atoms with Crippen molar-refractivity contribution < 1.29 is 4.79 Å². The molecule has 0 saturated carbocycles. The summed E-state index contributed by atoms with van der Waals surface area (Å²) >= 11 is 0. The molecule has 0 spiro atoms. The highest BCUT2D eigenvalue weighted by atomic mass is 16.2. The average Bonchev–Trinajstić information content (AvgIpc) is 2.89. The molecule has 106 valence electrons. The number of benzene rings is 1. The molecule has 5 heteroatoms. The van der Waals surface area contributed by atoms with Gasteiger partial charge in [-0.3, -0.25) is 9.89 Å². The summed E-state index contributed by atoms with van der Waals surface area (Å²) in [5.41, 5.74) is 7.80. The summed E-state index contributed by atoms with van der Waals surface area (Å²) in [6.07, 6.45) is 3.42. The number of hydrogen-bond donors (Lipinski definition) is 2. The van der Waals surface area contributed by atoms with Crippen LogP contribution in [-0.4, -0.2) is 34.1 Å². The lowest BCUT2D eigenvalue weighted by Crippen LogP contribution is -2.40. The number of carbonyl (C=O) groups excluding carboxylic acids is 1. The molecule has 0 radical (unpaired) electrons. The van der Waals surface area contributed by atoms with Crippen molar-refractivity contribution in [2.75, 3.05) is 18.8 Å². The lowest BCUT2D eigenvalue weighted by Gasteiger charge is -2.31. The first-order chi connectivity index (χ1) is 9.69. The highest BCUT2D eigenvalue weighted by molar-refractivity contribution is 6.05. The van der Waals surface area contributed by atoms with Crippen LogP contribution in [0, 0.1) is 5.92 Å². The number of nitrogens with one attached hydrogen (secondary N) is 1. The number of piperidine rings is 1. The maximum absolute atomic E-state index is 12.7. The number of H-pyrrole nitrogens is 1. The second kappa shape index (κ2) is 5.15. The molecule has 3 N–H and O–H groups in total. The Morgan fingerprint density at radius 2 is 2.40 bits per heavy atom. The van der Waals surface area contributed by atoms with Crippen LogP contribution < -0.4 is 5.73 Å². The molecule has 1 atom stereocenters. The second-order valence-electron chi connectivity index (χ2n) is 5.54. The standard InChI is InChI=1S/C15H20N4O/c1-2-10-4-3-7-19(9-10)15(20)14-12-8-11(16)5-6-13(12)17-18-14/h5-6,8,10H,2-4,7,9,16H2,1H3,(H,17,18). The zero-order chi connectivity index (χ0) is 14.1. The average molecular weight is 272 g/mol. The van der Waals surface area contributed by atoms with Gasteiger partial charge in [-0.15, -0.1) is 0 Å². The first kappa shape index (κ1) is 13.0. The van der Waals surface area contributed by atoms with E-state index in [9.17, 15) is 4.79 Å². The smallest absolute Gasteiger partial charge is 0.275 e. The number of likely N-dealkylation sites (tertiary alicyclic amines) is 1. The molecule has 3 rings (SSSR count). The summed E-state index contributed by atoms with van der Waals surface area (Å²) in [4.78, 5) is 14.6. The summed E-state index contributed by atoms with van der Waals surface area (Å²) in [5, 5.41) is 7.91. The molecule has 1 aliphatic rings. The number of carbonyl (C=O) groups is 1. The number of fused-ring (bicyclic) bond motifs is 1. The summed E-state index contributed by atoms with van der Waals surface area (Å²) in [6, 6.07) is 5.48. The van der Waals surface area contributed by atoms with Gasteiger partial charge in [-0.2, -0.15) is 5.10 Å². The highest BCUT2D eigenvalue weighted by Crippen LogP contribution is 2.24. The number of anilines is 1. The monoisotopic (exact) mass is 272 g/mol. The molecule has 0 aliphatic carbocycles. The van der Waals surface area contributed by atoms with E-state index in [1.807, 2.05) is 23.1 Å². The van der Waals surface area contributed by atoms with Crippen LogP contribution in [0.2, 0.25) is 0 Å². The molecule has 1 aliphatic heterocycles.